The van der Waals surface area contributed by atoms with Crippen molar-refractivity contribution in [2.75, 3.05) is 13.1 Å². The number of carbonyl (C=O) groups is 2. The van der Waals surface area contributed by atoms with Crippen LogP contribution in [0, 0.1) is 25.7 Å². The highest BCUT2D eigenvalue weighted by Crippen LogP contribution is 2.40. The molecule has 3 heteroatoms. The maximum absolute atomic E-state index is 13.5. The van der Waals surface area contributed by atoms with Gasteiger partial charge in [-0.05, 0) is 30.5 Å². The fourth-order valence-electron chi connectivity index (χ4n) is 4.64. The molecule has 1 aliphatic heterocycles. The van der Waals surface area contributed by atoms with Gasteiger partial charge < -0.3 is 5.32 Å². The van der Waals surface area contributed by atoms with E-state index < -0.39 is 0 Å². The highest BCUT2D eigenvalue weighted by Gasteiger charge is 2.42. The topological polar surface area (TPSA) is 46.2 Å². The number of carbonyl (C=O) groups excluding carboxylic acids is 2. The van der Waals surface area contributed by atoms with E-state index >= 15 is 0 Å². The van der Waals surface area contributed by atoms with Crippen molar-refractivity contribution in [3.63, 3.8) is 0 Å². The van der Waals surface area contributed by atoms with Crippen LogP contribution >= 0.6 is 0 Å². The first-order valence-electron chi connectivity index (χ1n) is 10.5. The van der Waals surface area contributed by atoms with Crippen LogP contribution < -0.4 is 5.32 Å². The third-order valence-electron chi connectivity index (χ3n) is 6.39. The molecule has 1 heterocycles. The van der Waals surface area contributed by atoms with Gasteiger partial charge in [-0.3, -0.25) is 9.59 Å². The van der Waals surface area contributed by atoms with Gasteiger partial charge in [0.1, 0.15) is 0 Å². The van der Waals surface area contributed by atoms with Crippen molar-refractivity contribution in [2.45, 2.75) is 19.8 Å². The number of hydrogen-bond donors (Lipinski definition) is 1. The quantitative estimate of drug-likeness (QED) is 0.617. The summed E-state index contributed by atoms with van der Waals surface area (Å²) in [6, 6.07) is 25.1. The minimum atomic E-state index is -0.292. The Hall–Kier alpha value is -3.04. The zero-order valence-corrected chi connectivity index (χ0v) is 17.5. The Kier molecular flexibility index (Phi) is 5.91. The smallest absolute Gasteiger partial charge is 0.167 e. The van der Waals surface area contributed by atoms with E-state index in [9.17, 15) is 9.59 Å². The van der Waals surface area contributed by atoms with Crippen molar-refractivity contribution in [1.82, 2.24) is 5.32 Å². The van der Waals surface area contributed by atoms with E-state index in [1.807, 2.05) is 66.7 Å². The van der Waals surface area contributed by atoms with Crippen molar-refractivity contribution in [2.24, 2.45) is 11.8 Å². The normalized spacial score (nSPS) is 21.2. The Morgan fingerprint density at radius 1 is 0.700 bits per heavy atom. The molecule has 0 amide bonds. The van der Waals surface area contributed by atoms with Crippen LogP contribution in [-0.4, -0.2) is 24.7 Å². The van der Waals surface area contributed by atoms with Gasteiger partial charge in [0.25, 0.3) is 0 Å². The molecule has 152 valence electrons. The predicted octanol–water partition coefficient (Wildman–Crippen LogP) is 4.99. The molecule has 1 N–H and O–H groups in total. The second-order valence-electron chi connectivity index (χ2n) is 8.15. The first-order chi connectivity index (χ1) is 14.6. The number of hydrogen-bond acceptors (Lipinski definition) is 3. The van der Waals surface area contributed by atoms with Gasteiger partial charge in [0, 0.05) is 42.0 Å². The minimum Gasteiger partial charge on any atom is -0.315 e. The summed E-state index contributed by atoms with van der Waals surface area (Å²) in [6.07, 6.45) is 0. The Morgan fingerprint density at radius 3 is 1.70 bits per heavy atom. The van der Waals surface area contributed by atoms with E-state index in [2.05, 4.69) is 31.3 Å². The summed E-state index contributed by atoms with van der Waals surface area (Å²) in [7, 11) is 0. The SMILES string of the molecule is Cc1cccc(C2C(C(=O)c3ccccc3)CNCC2C(=O)c2ccccc2)c1C. The summed E-state index contributed by atoms with van der Waals surface area (Å²) in [4.78, 5) is 27.1. The molecule has 3 aromatic carbocycles. The van der Waals surface area contributed by atoms with Crippen molar-refractivity contribution >= 4 is 11.6 Å². The summed E-state index contributed by atoms with van der Waals surface area (Å²) >= 11 is 0. The van der Waals surface area contributed by atoms with Crippen LogP contribution in [0.25, 0.3) is 0 Å². The molecule has 2 unspecified atom stereocenters. The fraction of sp³-hybridized carbons (Fsp3) is 0.259. The molecule has 1 saturated heterocycles. The minimum absolute atomic E-state index is 0.0968. The predicted molar refractivity (Wildman–Crippen MR) is 120 cm³/mol. The van der Waals surface area contributed by atoms with Crippen LogP contribution in [0.2, 0.25) is 0 Å². The summed E-state index contributed by atoms with van der Waals surface area (Å²) in [5.74, 6) is -0.552. The number of piperidine rings is 1. The van der Waals surface area contributed by atoms with Crippen molar-refractivity contribution in [3.05, 3.63) is 107 Å². The third kappa shape index (κ3) is 3.86. The van der Waals surface area contributed by atoms with E-state index in [-0.39, 0.29) is 29.3 Å². The zero-order chi connectivity index (χ0) is 21.1. The number of benzene rings is 3. The van der Waals surface area contributed by atoms with Gasteiger partial charge >= 0.3 is 0 Å². The average molecular weight is 398 g/mol. The summed E-state index contributed by atoms with van der Waals surface area (Å²) in [6.45, 7) is 5.33. The van der Waals surface area contributed by atoms with Gasteiger partial charge in [0.2, 0.25) is 0 Å². The molecular formula is C27H27NO2. The second-order valence-corrected chi connectivity index (χ2v) is 8.15. The molecular weight excluding hydrogens is 370 g/mol. The fourth-order valence-corrected chi connectivity index (χ4v) is 4.64. The number of aryl methyl sites for hydroxylation is 1. The largest absolute Gasteiger partial charge is 0.315 e. The zero-order valence-electron chi connectivity index (χ0n) is 17.5. The molecule has 0 saturated carbocycles. The van der Waals surface area contributed by atoms with E-state index in [0.717, 1.165) is 5.56 Å². The lowest BCUT2D eigenvalue weighted by Gasteiger charge is -2.38. The first kappa shape index (κ1) is 20.2. The van der Waals surface area contributed by atoms with Gasteiger partial charge in [-0.25, -0.2) is 0 Å². The average Bonchev–Trinajstić information content (AvgIpc) is 2.80. The molecule has 3 nitrogen and oxygen atoms in total. The van der Waals surface area contributed by atoms with Gasteiger partial charge in [-0.1, -0.05) is 78.9 Å². The Balaban J connectivity index is 1.80. The van der Waals surface area contributed by atoms with Crippen LogP contribution in [0.1, 0.15) is 43.3 Å². The van der Waals surface area contributed by atoms with Crippen LogP contribution in [0.15, 0.2) is 78.9 Å². The molecule has 0 aliphatic carbocycles. The van der Waals surface area contributed by atoms with Crippen molar-refractivity contribution in [3.8, 4) is 0 Å². The summed E-state index contributed by atoms with van der Waals surface area (Å²) in [5.41, 5.74) is 4.86. The Morgan fingerprint density at radius 2 is 1.20 bits per heavy atom. The Bertz CT molecular complexity index is 983. The molecule has 0 bridgehead atoms. The lowest BCUT2D eigenvalue weighted by Crippen LogP contribution is -2.48. The maximum Gasteiger partial charge on any atom is 0.167 e. The van der Waals surface area contributed by atoms with E-state index in [0.29, 0.717) is 24.2 Å². The second kappa shape index (κ2) is 8.76. The third-order valence-corrected chi connectivity index (χ3v) is 6.39. The molecule has 30 heavy (non-hydrogen) atoms. The summed E-state index contributed by atoms with van der Waals surface area (Å²) < 4.78 is 0. The molecule has 1 fully saturated rings. The van der Waals surface area contributed by atoms with Crippen LogP contribution in [0.4, 0.5) is 0 Å². The number of Topliss-reactive ketones (excluding diaryl/α,β-unsaturated/α-hetero) is 2. The molecule has 2 atom stereocenters. The molecule has 0 spiro atoms. The molecule has 0 radical (unpaired) electrons. The number of nitrogens with one attached hydrogen (secondary N) is 1. The number of rotatable bonds is 5. The van der Waals surface area contributed by atoms with E-state index in [1.165, 1.54) is 11.1 Å². The van der Waals surface area contributed by atoms with Gasteiger partial charge in [-0.2, -0.15) is 0 Å². The lowest BCUT2D eigenvalue weighted by atomic mass is 9.68. The lowest BCUT2D eigenvalue weighted by molar-refractivity contribution is 0.0768. The molecule has 3 aromatic rings. The van der Waals surface area contributed by atoms with Crippen molar-refractivity contribution in [1.29, 1.82) is 0 Å². The van der Waals surface area contributed by atoms with Gasteiger partial charge in [0.15, 0.2) is 11.6 Å². The highest BCUT2D eigenvalue weighted by molar-refractivity contribution is 6.02. The van der Waals surface area contributed by atoms with Crippen LogP contribution in [0.5, 0.6) is 0 Å². The van der Waals surface area contributed by atoms with E-state index in [1.54, 1.807) is 0 Å². The monoisotopic (exact) mass is 397 g/mol. The molecule has 4 rings (SSSR count). The standard InChI is InChI=1S/C27H27NO2/c1-18-10-9-15-22(19(18)2)25-23(26(29)20-11-5-3-6-12-20)16-28-17-24(25)27(30)21-13-7-4-8-14-21/h3-15,23-25,28H,16-17H2,1-2H3. The molecule has 0 aromatic heterocycles. The van der Waals surface area contributed by atoms with Crippen LogP contribution in [0.3, 0.4) is 0 Å². The Labute approximate surface area is 178 Å². The van der Waals surface area contributed by atoms with E-state index in [4.69, 9.17) is 0 Å². The number of ketones is 2. The maximum atomic E-state index is 13.5. The van der Waals surface area contributed by atoms with Crippen LogP contribution in [-0.2, 0) is 0 Å². The highest BCUT2D eigenvalue weighted by atomic mass is 16.1. The summed E-state index contributed by atoms with van der Waals surface area (Å²) in [5, 5.41) is 3.38. The first-order valence-corrected chi connectivity index (χ1v) is 10.5. The van der Waals surface area contributed by atoms with Crippen molar-refractivity contribution < 1.29 is 9.59 Å². The molecule has 1 aliphatic rings. The van der Waals surface area contributed by atoms with Gasteiger partial charge in [0.05, 0.1) is 0 Å². The van der Waals surface area contributed by atoms with Gasteiger partial charge in [-0.15, -0.1) is 0 Å².